The minimum absolute atomic E-state index is 0.0228. The molecule has 1 heterocycles. The van der Waals surface area contributed by atoms with E-state index >= 15 is 0 Å². The lowest BCUT2D eigenvalue weighted by molar-refractivity contribution is -0.118. The molecule has 0 aliphatic heterocycles. The number of aromatic nitrogens is 2. The van der Waals surface area contributed by atoms with Crippen LogP contribution in [-0.2, 0) is 9.59 Å². The summed E-state index contributed by atoms with van der Waals surface area (Å²) in [7, 11) is 3.85. The lowest BCUT2D eigenvalue weighted by atomic mass is 10.0. The lowest BCUT2D eigenvalue weighted by Gasteiger charge is -2.19. The highest BCUT2D eigenvalue weighted by Crippen LogP contribution is 2.41. The quantitative estimate of drug-likeness (QED) is 0.437. The number of carbonyl (C=O) groups is 2. The fourth-order valence-electron chi connectivity index (χ4n) is 3.09. The average molecular weight is 406 g/mol. The first-order valence-electron chi connectivity index (χ1n) is 9.92. The Balaban J connectivity index is 1.66. The molecule has 0 spiro atoms. The number of hydrogen-bond acceptors (Lipinski definition) is 5. The molecule has 0 bridgehead atoms. The van der Waals surface area contributed by atoms with E-state index in [1.807, 2.05) is 49.3 Å². The van der Waals surface area contributed by atoms with E-state index in [0.29, 0.717) is 24.6 Å². The van der Waals surface area contributed by atoms with Gasteiger partial charge in [-0.2, -0.15) is 5.26 Å². The van der Waals surface area contributed by atoms with Gasteiger partial charge in [0.05, 0.1) is 24.3 Å². The molecule has 1 atom stereocenters. The summed E-state index contributed by atoms with van der Waals surface area (Å²) >= 11 is 0. The van der Waals surface area contributed by atoms with Gasteiger partial charge < -0.3 is 20.5 Å². The van der Waals surface area contributed by atoms with Crippen molar-refractivity contribution in [2.75, 3.05) is 26.0 Å². The van der Waals surface area contributed by atoms with Crippen molar-refractivity contribution in [3.05, 3.63) is 53.6 Å². The maximum absolute atomic E-state index is 12.7. The van der Waals surface area contributed by atoms with Gasteiger partial charge in [0.15, 0.2) is 0 Å². The van der Waals surface area contributed by atoms with E-state index in [1.165, 1.54) is 12.4 Å². The van der Waals surface area contributed by atoms with Crippen molar-refractivity contribution in [2.45, 2.75) is 25.3 Å². The zero-order valence-corrected chi connectivity index (χ0v) is 17.2. The topological polar surface area (TPSA) is 114 Å². The first-order valence-corrected chi connectivity index (χ1v) is 9.92. The molecule has 30 heavy (non-hydrogen) atoms. The van der Waals surface area contributed by atoms with Gasteiger partial charge in [0.2, 0.25) is 5.91 Å². The van der Waals surface area contributed by atoms with Crippen molar-refractivity contribution in [3.8, 4) is 6.07 Å². The summed E-state index contributed by atoms with van der Waals surface area (Å²) in [6, 6.07) is 9.30. The Hall–Kier alpha value is -3.44. The molecule has 0 saturated heterocycles. The normalized spacial score (nSPS) is 14.8. The third kappa shape index (κ3) is 6.03. The second-order valence-corrected chi connectivity index (χ2v) is 7.69. The monoisotopic (exact) mass is 406 g/mol. The molecule has 0 radical (unpaired) electrons. The Morgan fingerprint density at radius 2 is 2.07 bits per heavy atom. The third-order valence-electron chi connectivity index (χ3n) is 4.90. The molecule has 1 aromatic heterocycles. The van der Waals surface area contributed by atoms with Crippen molar-refractivity contribution >= 4 is 23.6 Å². The number of rotatable bonds is 9. The minimum atomic E-state index is -0.412. The number of anilines is 1. The van der Waals surface area contributed by atoms with Crippen molar-refractivity contribution in [1.82, 2.24) is 20.2 Å². The fourth-order valence-corrected chi connectivity index (χ4v) is 3.09. The van der Waals surface area contributed by atoms with Crippen LogP contribution in [0.25, 0.3) is 6.08 Å². The maximum atomic E-state index is 12.7. The van der Waals surface area contributed by atoms with Gasteiger partial charge in [-0.1, -0.05) is 12.1 Å². The number of nitrogens with zero attached hydrogens (tertiary/aromatic N) is 3. The number of hydrogen-bond donors (Lipinski definition) is 3. The Morgan fingerprint density at radius 1 is 1.33 bits per heavy atom. The fraction of sp³-hybridized carbons (Fsp3) is 0.364. The van der Waals surface area contributed by atoms with Crippen LogP contribution in [0.15, 0.2) is 42.4 Å². The second kappa shape index (κ2) is 9.85. The van der Waals surface area contributed by atoms with Gasteiger partial charge in [-0.05, 0) is 56.6 Å². The van der Waals surface area contributed by atoms with E-state index in [-0.39, 0.29) is 17.5 Å². The molecule has 2 aromatic rings. The minimum Gasteiger partial charge on any atom is -0.345 e. The smallest absolute Gasteiger partial charge is 0.262 e. The van der Waals surface area contributed by atoms with E-state index in [1.54, 1.807) is 6.20 Å². The van der Waals surface area contributed by atoms with E-state index < -0.39 is 5.91 Å². The highest BCUT2D eigenvalue weighted by molar-refractivity contribution is 6.01. The van der Waals surface area contributed by atoms with Gasteiger partial charge in [0.25, 0.3) is 5.91 Å². The van der Waals surface area contributed by atoms with Crippen LogP contribution >= 0.6 is 0 Å². The van der Waals surface area contributed by atoms with Crippen LogP contribution in [0, 0.1) is 17.2 Å². The second-order valence-electron chi connectivity index (χ2n) is 7.69. The number of benzene rings is 1. The van der Waals surface area contributed by atoms with Crippen LogP contribution in [0.1, 0.15) is 36.6 Å². The molecular weight excluding hydrogens is 380 g/mol. The van der Waals surface area contributed by atoms with Gasteiger partial charge in [0, 0.05) is 18.7 Å². The first-order chi connectivity index (χ1) is 14.5. The average Bonchev–Trinajstić information content (AvgIpc) is 3.44. The number of carbonyl (C=O) groups excluding carboxylic acids is 2. The van der Waals surface area contributed by atoms with E-state index in [9.17, 15) is 14.9 Å². The molecule has 156 valence electrons. The lowest BCUT2D eigenvalue weighted by Crippen LogP contribution is -2.30. The predicted molar refractivity (Wildman–Crippen MR) is 114 cm³/mol. The first kappa shape index (κ1) is 21.3. The highest BCUT2D eigenvalue weighted by Gasteiger charge is 2.34. The van der Waals surface area contributed by atoms with Crippen LogP contribution in [0.4, 0.5) is 5.69 Å². The number of nitrogens with one attached hydrogen (secondary N) is 3. The van der Waals surface area contributed by atoms with Gasteiger partial charge in [0.1, 0.15) is 11.6 Å². The van der Waals surface area contributed by atoms with Crippen molar-refractivity contribution in [3.63, 3.8) is 0 Å². The summed E-state index contributed by atoms with van der Waals surface area (Å²) < 4.78 is 0. The Labute approximate surface area is 176 Å². The maximum Gasteiger partial charge on any atom is 0.262 e. The molecule has 8 nitrogen and oxygen atoms in total. The van der Waals surface area contributed by atoms with Crippen LogP contribution in [0.5, 0.6) is 0 Å². The summed E-state index contributed by atoms with van der Waals surface area (Å²) in [6.45, 7) is 0.687. The van der Waals surface area contributed by atoms with Gasteiger partial charge in [-0.3, -0.25) is 9.59 Å². The summed E-state index contributed by atoms with van der Waals surface area (Å²) in [4.78, 5) is 33.4. The molecule has 1 fully saturated rings. The van der Waals surface area contributed by atoms with Crippen molar-refractivity contribution in [2.24, 2.45) is 5.92 Å². The van der Waals surface area contributed by atoms with E-state index in [2.05, 4.69) is 20.6 Å². The predicted octanol–water partition coefficient (Wildman–Crippen LogP) is 2.47. The Morgan fingerprint density at radius 3 is 2.63 bits per heavy atom. The summed E-state index contributed by atoms with van der Waals surface area (Å²) in [5.41, 5.74) is 2.30. The van der Waals surface area contributed by atoms with Crippen LogP contribution in [-0.4, -0.2) is 47.3 Å². The SMILES string of the molecule is CN(C)CCC(=O)Nc1ccc(C(NC(=O)/C(C#N)=C/c2cnc[nH]2)C2CC2)cc1. The molecule has 8 heteroatoms. The molecule has 1 aromatic carbocycles. The molecule has 3 N–H and O–H groups in total. The zero-order valence-electron chi connectivity index (χ0n) is 17.2. The Bertz CT molecular complexity index is 937. The van der Waals surface area contributed by atoms with Gasteiger partial charge in [-0.25, -0.2) is 4.98 Å². The van der Waals surface area contributed by atoms with Crippen LogP contribution < -0.4 is 10.6 Å². The zero-order chi connectivity index (χ0) is 21.5. The van der Waals surface area contributed by atoms with Gasteiger partial charge >= 0.3 is 0 Å². The van der Waals surface area contributed by atoms with E-state index in [0.717, 1.165) is 24.1 Å². The van der Waals surface area contributed by atoms with Gasteiger partial charge in [-0.15, -0.1) is 0 Å². The summed E-state index contributed by atoms with van der Waals surface area (Å²) in [6.07, 6.45) is 7.01. The molecule has 2 amide bonds. The largest absolute Gasteiger partial charge is 0.345 e. The molecule has 1 aliphatic rings. The number of H-pyrrole nitrogens is 1. The van der Waals surface area contributed by atoms with Crippen molar-refractivity contribution in [1.29, 1.82) is 5.26 Å². The number of aromatic amines is 1. The number of imidazole rings is 1. The standard InChI is InChI=1S/C22H26N6O2/c1-28(2)10-9-20(29)26-18-7-5-16(6-8-18)21(15-3-4-15)27-22(30)17(12-23)11-19-13-24-14-25-19/h5-8,11,13-15,21H,3-4,9-10H2,1-2H3,(H,24,25)(H,26,29)(H,27,30)/b17-11+. The highest BCUT2D eigenvalue weighted by atomic mass is 16.2. The molecule has 1 aliphatic carbocycles. The molecule has 1 saturated carbocycles. The third-order valence-corrected chi connectivity index (χ3v) is 4.90. The number of amides is 2. The van der Waals surface area contributed by atoms with Crippen LogP contribution in [0.2, 0.25) is 0 Å². The molecule has 3 rings (SSSR count). The van der Waals surface area contributed by atoms with E-state index in [4.69, 9.17) is 0 Å². The Kier molecular flexibility index (Phi) is 6.99. The number of nitriles is 1. The van der Waals surface area contributed by atoms with Crippen molar-refractivity contribution < 1.29 is 9.59 Å². The van der Waals surface area contributed by atoms with Crippen LogP contribution in [0.3, 0.4) is 0 Å². The summed E-state index contributed by atoms with van der Waals surface area (Å²) in [5, 5.41) is 15.3. The molecule has 1 unspecified atom stereocenters. The summed E-state index contributed by atoms with van der Waals surface area (Å²) in [5.74, 6) is -0.0993. The molecular formula is C22H26N6O2.